The lowest BCUT2D eigenvalue weighted by Crippen LogP contribution is -2.32. The van der Waals surface area contributed by atoms with Gasteiger partial charge in [-0.1, -0.05) is 12.1 Å². The van der Waals surface area contributed by atoms with Crippen LogP contribution in [-0.4, -0.2) is 16.4 Å². The van der Waals surface area contributed by atoms with Gasteiger partial charge in [-0.25, -0.2) is 4.98 Å². The quantitative estimate of drug-likeness (QED) is 0.862. The highest BCUT2D eigenvalue weighted by molar-refractivity contribution is 7.18. The molecule has 2 nitrogen and oxygen atoms in total. The predicted molar refractivity (Wildman–Crippen MR) is 78.4 cm³/mol. The van der Waals surface area contributed by atoms with Gasteiger partial charge in [-0.3, -0.25) is 0 Å². The van der Waals surface area contributed by atoms with Gasteiger partial charge in [0.15, 0.2) is 0 Å². The average Bonchev–Trinajstić information content (AvgIpc) is 2.81. The van der Waals surface area contributed by atoms with Crippen molar-refractivity contribution in [1.29, 1.82) is 0 Å². The third-order valence-electron chi connectivity index (χ3n) is 3.54. The molecule has 3 rings (SSSR count). The van der Waals surface area contributed by atoms with Gasteiger partial charge in [0.25, 0.3) is 0 Å². The van der Waals surface area contributed by atoms with E-state index in [9.17, 15) is 0 Å². The average molecular weight is 281 g/mol. The number of alkyl halides is 1. The van der Waals surface area contributed by atoms with Crippen LogP contribution in [0.1, 0.15) is 30.7 Å². The van der Waals surface area contributed by atoms with Crippen molar-refractivity contribution in [3.8, 4) is 0 Å². The standard InChI is InChI=1S/C14H17ClN2S/c15-10-5-7-11(8-6-10)16-9-14-17-12-3-1-2-4-13(12)18-14/h1-4,10-11,16H,5-9H2. The SMILES string of the molecule is ClC1CCC(NCc2nc3ccccc3s2)CC1. The molecule has 4 heteroatoms. The summed E-state index contributed by atoms with van der Waals surface area (Å²) in [5, 5.41) is 5.19. The molecule has 2 aromatic rings. The van der Waals surface area contributed by atoms with Crippen LogP contribution in [0, 0.1) is 0 Å². The van der Waals surface area contributed by atoms with Crippen LogP contribution in [-0.2, 0) is 6.54 Å². The Morgan fingerprint density at radius 1 is 1.22 bits per heavy atom. The van der Waals surface area contributed by atoms with E-state index in [1.807, 2.05) is 6.07 Å². The van der Waals surface area contributed by atoms with Crippen LogP contribution >= 0.6 is 22.9 Å². The number of hydrogen-bond acceptors (Lipinski definition) is 3. The van der Waals surface area contributed by atoms with E-state index >= 15 is 0 Å². The minimum atomic E-state index is 0.394. The molecule has 1 fully saturated rings. The molecular weight excluding hydrogens is 264 g/mol. The van der Waals surface area contributed by atoms with E-state index < -0.39 is 0 Å². The number of thiazole rings is 1. The molecular formula is C14H17ClN2S. The summed E-state index contributed by atoms with van der Waals surface area (Å²) < 4.78 is 1.28. The van der Waals surface area contributed by atoms with Gasteiger partial charge in [0.2, 0.25) is 0 Å². The van der Waals surface area contributed by atoms with E-state index in [2.05, 4.69) is 28.5 Å². The maximum absolute atomic E-state index is 6.11. The monoisotopic (exact) mass is 280 g/mol. The van der Waals surface area contributed by atoms with Crippen LogP contribution in [0.2, 0.25) is 0 Å². The first-order valence-electron chi connectivity index (χ1n) is 6.53. The van der Waals surface area contributed by atoms with E-state index in [4.69, 9.17) is 11.6 Å². The van der Waals surface area contributed by atoms with E-state index in [1.54, 1.807) is 11.3 Å². The summed E-state index contributed by atoms with van der Waals surface area (Å²) in [4.78, 5) is 4.64. The van der Waals surface area contributed by atoms with Crippen molar-refractivity contribution in [1.82, 2.24) is 10.3 Å². The Labute approximate surface area is 116 Å². The number of halogens is 1. The smallest absolute Gasteiger partial charge is 0.108 e. The number of fused-ring (bicyclic) bond motifs is 1. The fourth-order valence-corrected chi connectivity index (χ4v) is 3.65. The van der Waals surface area contributed by atoms with Crippen molar-refractivity contribution in [3.63, 3.8) is 0 Å². The first kappa shape index (κ1) is 12.4. The van der Waals surface area contributed by atoms with E-state index in [0.29, 0.717) is 11.4 Å². The molecule has 0 unspecified atom stereocenters. The topological polar surface area (TPSA) is 24.9 Å². The van der Waals surface area contributed by atoms with Gasteiger partial charge in [0, 0.05) is 18.0 Å². The minimum absolute atomic E-state index is 0.394. The Balaban J connectivity index is 1.59. The highest BCUT2D eigenvalue weighted by atomic mass is 35.5. The molecule has 1 aliphatic carbocycles. The number of benzene rings is 1. The van der Waals surface area contributed by atoms with E-state index in [1.165, 1.54) is 22.5 Å². The zero-order valence-electron chi connectivity index (χ0n) is 10.2. The van der Waals surface area contributed by atoms with Gasteiger partial charge in [-0.15, -0.1) is 22.9 Å². The molecule has 18 heavy (non-hydrogen) atoms. The molecule has 1 aromatic carbocycles. The van der Waals surface area contributed by atoms with Crippen molar-refractivity contribution in [2.75, 3.05) is 0 Å². The van der Waals surface area contributed by atoms with Crippen LogP contribution in [0.5, 0.6) is 0 Å². The van der Waals surface area contributed by atoms with Crippen LogP contribution in [0.15, 0.2) is 24.3 Å². The first-order chi connectivity index (χ1) is 8.81. The Kier molecular flexibility index (Phi) is 3.83. The summed E-state index contributed by atoms with van der Waals surface area (Å²) in [6, 6.07) is 8.94. The summed E-state index contributed by atoms with van der Waals surface area (Å²) in [5.74, 6) is 0. The summed E-state index contributed by atoms with van der Waals surface area (Å²) in [7, 11) is 0. The number of aromatic nitrogens is 1. The number of para-hydroxylation sites is 1. The normalized spacial score (nSPS) is 24.5. The second-order valence-electron chi connectivity index (χ2n) is 4.91. The Hall–Kier alpha value is -0.640. The molecule has 0 bridgehead atoms. The molecule has 1 saturated carbocycles. The van der Waals surface area contributed by atoms with Gasteiger partial charge in [0.1, 0.15) is 5.01 Å². The molecule has 96 valence electrons. The molecule has 0 spiro atoms. The number of nitrogens with zero attached hydrogens (tertiary/aromatic N) is 1. The summed E-state index contributed by atoms with van der Waals surface area (Å²) in [5.41, 5.74) is 1.11. The van der Waals surface area contributed by atoms with Crippen molar-refractivity contribution >= 4 is 33.2 Å². The minimum Gasteiger partial charge on any atom is -0.308 e. The van der Waals surface area contributed by atoms with Crippen LogP contribution in [0.4, 0.5) is 0 Å². The van der Waals surface area contributed by atoms with Gasteiger partial charge in [-0.2, -0.15) is 0 Å². The zero-order chi connectivity index (χ0) is 12.4. The molecule has 0 saturated heterocycles. The lowest BCUT2D eigenvalue weighted by molar-refractivity contribution is 0.376. The maximum Gasteiger partial charge on any atom is 0.108 e. The Bertz CT molecular complexity index is 484. The van der Waals surface area contributed by atoms with Crippen LogP contribution < -0.4 is 5.32 Å². The lowest BCUT2D eigenvalue weighted by atomic mass is 9.95. The number of hydrogen-bond donors (Lipinski definition) is 1. The molecule has 1 aromatic heterocycles. The third kappa shape index (κ3) is 2.85. The highest BCUT2D eigenvalue weighted by Crippen LogP contribution is 2.24. The van der Waals surface area contributed by atoms with Crippen molar-refractivity contribution in [2.24, 2.45) is 0 Å². The Morgan fingerprint density at radius 2 is 2.00 bits per heavy atom. The lowest BCUT2D eigenvalue weighted by Gasteiger charge is -2.25. The van der Waals surface area contributed by atoms with Crippen molar-refractivity contribution in [2.45, 2.75) is 43.6 Å². The number of nitrogens with one attached hydrogen (secondary N) is 1. The van der Waals surface area contributed by atoms with Gasteiger partial charge >= 0.3 is 0 Å². The molecule has 0 aliphatic heterocycles. The number of rotatable bonds is 3. The molecule has 0 atom stereocenters. The zero-order valence-corrected chi connectivity index (χ0v) is 11.8. The van der Waals surface area contributed by atoms with Crippen LogP contribution in [0.3, 0.4) is 0 Å². The highest BCUT2D eigenvalue weighted by Gasteiger charge is 2.19. The summed E-state index contributed by atoms with van der Waals surface area (Å²) in [6.07, 6.45) is 4.66. The van der Waals surface area contributed by atoms with E-state index in [-0.39, 0.29) is 0 Å². The Morgan fingerprint density at radius 3 is 2.78 bits per heavy atom. The molecule has 1 N–H and O–H groups in total. The summed E-state index contributed by atoms with van der Waals surface area (Å²) in [6.45, 7) is 0.886. The van der Waals surface area contributed by atoms with Crippen LogP contribution in [0.25, 0.3) is 10.2 Å². The summed E-state index contributed by atoms with van der Waals surface area (Å²) >= 11 is 7.90. The first-order valence-corrected chi connectivity index (χ1v) is 7.78. The fourth-order valence-electron chi connectivity index (χ4n) is 2.48. The van der Waals surface area contributed by atoms with Crippen molar-refractivity contribution < 1.29 is 0 Å². The largest absolute Gasteiger partial charge is 0.308 e. The maximum atomic E-state index is 6.11. The van der Waals surface area contributed by atoms with Gasteiger partial charge in [0.05, 0.1) is 10.2 Å². The molecule has 1 heterocycles. The predicted octanol–water partition coefficient (Wildman–Crippen LogP) is 3.94. The molecule has 1 aliphatic rings. The molecule has 0 radical (unpaired) electrons. The van der Waals surface area contributed by atoms with Gasteiger partial charge in [-0.05, 0) is 37.8 Å². The second-order valence-corrected chi connectivity index (χ2v) is 6.64. The third-order valence-corrected chi connectivity index (χ3v) is 5.01. The molecule has 0 amide bonds. The fraction of sp³-hybridized carbons (Fsp3) is 0.500. The van der Waals surface area contributed by atoms with E-state index in [0.717, 1.165) is 24.9 Å². The second kappa shape index (κ2) is 5.55. The van der Waals surface area contributed by atoms with Crippen molar-refractivity contribution in [3.05, 3.63) is 29.3 Å². The van der Waals surface area contributed by atoms with Gasteiger partial charge < -0.3 is 5.32 Å².